The molecule has 2 aromatic rings. The van der Waals surface area contributed by atoms with E-state index in [4.69, 9.17) is 5.11 Å². The molecule has 0 bridgehead atoms. The Morgan fingerprint density at radius 3 is 2.89 bits per heavy atom. The molecule has 1 heterocycles. The highest BCUT2D eigenvalue weighted by molar-refractivity contribution is 5.93. The molecule has 3 rings (SSSR count). The summed E-state index contributed by atoms with van der Waals surface area (Å²) in [6, 6.07) is 7.84. The molecule has 3 N–H and O–H groups in total. The molecule has 0 atom stereocenters. The summed E-state index contributed by atoms with van der Waals surface area (Å²) in [5.41, 5.74) is 2.44. The molecule has 0 aliphatic heterocycles. The maximum absolute atomic E-state index is 10.9. The lowest BCUT2D eigenvalue weighted by molar-refractivity contribution is 0.0697. The highest BCUT2D eigenvalue weighted by Gasteiger charge is 2.16. The Kier molecular flexibility index (Phi) is 2.80. The van der Waals surface area contributed by atoms with Gasteiger partial charge in [-0.05, 0) is 37.1 Å². The topological polar surface area (TPSA) is 65.1 Å². The summed E-state index contributed by atoms with van der Waals surface area (Å²) in [5.74, 6) is -0.882. The Morgan fingerprint density at radius 2 is 2.22 bits per heavy atom. The summed E-state index contributed by atoms with van der Waals surface area (Å²) in [7, 11) is 0. The summed E-state index contributed by atoms with van der Waals surface area (Å²) in [4.78, 5) is 14.2. The molecule has 1 fully saturated rings. The SMILES string of the molecule is O=C(O)c1ccc2[nH]c(CNC3CCC3)cc2c1. The number of carbonyl (C=O) groups is 1. The molecule has 18 heavy (non-hydrogen) atoms. The molecule has 94 valence electrons. The average molecular weight is 244 g/mol. The van der Waals surface area contributed by atoms with Crippen molar-refractivity contribution in [3.05, 3.63) is 35.5 Å². The molecule has 0 spiro atoms. The lowest BCUT2D eigenvalue weighted by Gasteiger charge is -2.26. The lowest BCUT2D eigenvalue weighted by Crippen LogP contribution is -2.34. The highest BCUT2D eigenvalue weighted by Crippen LogP contribution is 2.20. The van der Waals surface area contributed by atoms with Crippen molar-refractivity contribution in [3.8, 4) is 0 Å². The number of H-pyrrole nitrogens is 1. The van der Waals surface area contributed by atoms with Gasteiger partial charge in [0.05, 0.1) is 5.56 Å². The second kappa shape index (κ2) is 4.46. The van der Waals surface area contributed by atoms with Crippen molar-refractivity contribution in [3.63, 3.8) is 0 Å². The van der Waals surface area contributed by atoms with Crippen LogP contribution in [0.4, 0.5) is 0 Å². The monoisotopic (exact) mass is 244 g/mol. The Bertz CT molecular complexity index is 584. The van der Waals surface area contributed by atoms with E-state index >= 15 is 0 Å². The zero-order chi connectivity index (χ0) is 12.5. The zero-order valence-corrected chi connectivity index (χ0v) is 10.1. The van der Waals surface area contributed by atoms with Gasteiger partial charge in [-0.3, -0.25) is 0 Å². The first kappa shape index (κ1) is 11.3. The van der Waals surface area contributed by atoms with Crippen LogP contribution >= 0.6 is 0 Å². The number of fused-ring (bicyclic) bond motifs is 1. The number of aromatic carboxylic acids is 1. The van der Waals surface area contributed by atoms with Crippen molar-refractivity contribution in [2.24, 2.45) is 0 Å². The van der Waals surface area contributed by atoms with Gasteiger partial charge >= 0.3 is 5.97 Å². The van der Waals surface area contributed by atoms with Crippen molar-refractivity contribution in [1.29, 1.82) is 0 Å². The van der Waals surface area contributed by atoms with Gasteiger partial charge in [-0.25, -0.2) is 4.79 Å². The maximum atomic E-state index is 10.9. The molecule has 4 nitrogen and oxygen atoms in total. The summed E-state index contributed by atoms with van der Waals surface area (Å²) in [5, 5.41) is 13.4. The third-order valence-corrected chi connectivity index (χ3v) is 3.61. The van der Waals surface area contributed by atoms with Crippen molar-refractivity contribution in [1.82, 2.24) is 10.3 Å². The van der Waals surface area contributed by atoms with Gasteiger partial charge in [0.2, 0.25) is 0 Å². The molecule has 0 amide bonds. The van der Waals surface area contributed by atoms with Crippen LogP contribution in [0.25, 0.3) is 10.9 Å². The second-order valence-electron chi connectivity index (χ2n) is 4.91. The van der Waals surface area contributed by atoms with Gasteiger partial charge in [-0.15, -0.1) is 0 Å². The van der Waals surface area contributed by atoms with E-state index < -0.39 is 5.97 Å². The van der Waals surface area contributed by atoms with Crippen LogP contribution in [-0.4, -0.2) is 22.1 Å². The van der Waals surface area contributed by atoms with Crippen LogP contribution in [0.1, 0.15) is 35.3 Å². The smallest absolute Gasteiger partial charge is 0.335 e. The molecular weight excluding hydrogens is 228 g/mol. The van der Waals surface area contributed by atoms with E-state index in [0.29, 0.717) is 11.6 Å². The number of carboxylic acid groups (broad SMARTS) is 1. The minimum Gasteiger partial charge on any atom is -0.478 e. The minimum atomic E-state index is -0.882. The number of carboxylic acids is 1. The Labute approximate surface area is 105 Å². The lowest BCUT2D eigenvalue weighted by atomic mass is 9.93. The highest BCUT2D eigenvalue weighted by atomic mass is 16.4. The molecule has 1 saturated carbocycles. The van der Waals surface area contributed by atoms with Gasteiger partial charge in [0.15, 0.2) is 0 Å². The maximum Gasteiger partial charge on any atom is 0.335 e. The Morgan fingerprint density at radius 1 is 1.39 bits per heavy atom. The van der Waals surface area contributed by atoms with Crippen molar-refractivity contribution in [2.75, 3.05) is 0 Å². The molecule has 1 aliphatic rings. The number of hydrogen-bond donors (Lipinski definition) is 3. The van der Waals surface area contributed by atoms with Gasteiger partial charge in [0.1, 0.15) is 0 Å². The van der Waals surface area contributed by atoms with Crippen molar-refractivity contribution in [2.45, 2.75) is 31.8 Å². The third kappa shape index (κ3) is 2.11. The summed E-state index contributed by atoms with van der Waals surface area (Å²) in [6.07, 6.45) is 3.86. The first-order valence-corrected chi connectivity index (χ1v) is 6.31. The van der Waals surface area contributed by atoms with E-state index in [0.717, 1.165) is 23.1 Å². The van der Waals surface area contributed by atoms with Crippen LogP contribution in [0.3, 0.4) is 0 Å². The average Bonchev–Trinajstić information content (AvgIpc) is 2.68. The van der Waals surface area contributed by atoms with Crippen LogP contribution in [0, 0.1) is 0 Å². The van der Waals surface area contributed by atoms with Crippen LogP contribution in [0.15, 0.2) is 24.3 Å². The van der Waals surface area contributed by atoms with Crippen LogP contribution < -0.4 is 5.32 Å². The van der Waals surface area contributed by atoms with Crippen LogP contribution in [-0.2, 0) is 6.54 Å². The number of rotatable bonds is 4. The van der Waals surface area contributed by atoms with Gasteiger partial charge in [0.25, 0.3) is 0 Å². The van der Waals surface area contributed by atoms with E-state index in [9.17, 15) is 4.79 Å². The quantitative estimate of drug-likeness (QED) is 0.774. The van der Waals surface area contributed by atoms with E-state index in [-0.39, 0.29) is 0 Å². The van der Waals surface area contributed by atoms with Crippen LogP contribution in [0.2, 0.25) is 0 Å². The third-order valence-electron chi connectivity index (χ3n) is 3.61. The molecular formula is C14H16N2O2. The fraction of sp³-hybridized carbons (Fsp3) is 0.357. The largest absolute Gasteiger partial charge is 0.478 e. The normalized spacial score (nSPS) is 15.8. The zero-order valence-electron chi connectivity index (χ0n) is 10.1. The summed E-state index contributed by atoms with van der Waals surface area (Å²) in [6.45, 7) is 0.821. The molecule has 1 aromatic carbocycles. The number of nitrogens with one attached hydrogen (secondary N) is 2. The minimum absolute atomic E-state index is 0.333. The fourth-order valence-corrected chi connectivity index (χ4v) is 2.29. The van der Waals surface area contributed by atoms with E-state index in [1.807, 2.05) is 12.1 Å². The standard InChI is InChI=1S/C14H16N2O2/c17-14(18)9-4-5-13-10(6-9)7-12(16-13)8-15-11-2-1-3-11/h4-7,11,15-16H,1-3,8H2,(H,17,18). The first-order chi connectivity index (χ1) is 8.72. The molecule has 0 unspecified atom stereocenters. The predicted octanol–water partition coefficient (Wildman–Crippen LogP) is 2.51. The number of aromatic amines is 1. The molecule has 0 radical (unpaired) electrons. The van der Waals surface area contributed by atoms with Crippen LogP contribution in [0.5, 0.6) is 0 Å². The number of benzene rings is 1. The first-order valence-electron chi connectivity index (χ1n) is 6.31. The van der Waals surface area contributed by atoms with Crippen molar-refractivity contribution < 1.29 is 9.90 Å². The number of hydrogen-bond acceptors (Lipinski definition) is 2. The van der Waals surface area contributed by atoms with Gasteiger partial charge in [0, 0.05) is 29.2 Å². The number of aromatic nitrogens is 1. The molecule has 1 aliphatic carbocycles. The predicted molar refractivity (Wildman–Crippen MR) is 69.7 cm³/mol. The second-order valence-corrected chi connectivity index (χ2v) is 4.91. The molecule has 4 heteroatoms. The van der Waals surface area contributed by atoms with E-state index in [1.165, 1.54) is 19.3 Å². The van der Waals surface area contributed by atoms with Gasteiger partial charge in [-0.1, -0.05) is 6.42 Å². The molecule has 1 aromatic heterocycles. The Balaban J connectivity index is 1.79. The Hall–Kier alpha value is -1.81. The fourth-order valence-electron chi connectivity index (χ4n) is 2.29. The molecule has 0 saturated heterocycles. The summed E-state index contributed by atoms with van der Waals surface area (Å²) >= 11 is 0. The van der Waals surface area contributed by atoms with E-state index in [2.05, 4.69) is 10.3 Å². The van der Waals surface area contributed by atoms with Crippen molar-refractivity contribution >= 4 is 16.9 Å². The van der Waals surface area contributed by atoms with Gasteiger partial charge < -0.3 is 15.4 Å². The van der Waals surface area contributed by atoms with E-state index in [1.54, 1.807) is 12.1 Å². The summed E-state index contributed by atoms with van der Waals surface area (Å²) < 4.78 is 0. The van der Waals surface area contributed by atoms with Gasteiger partial charge in [-0.2, -0.15) is 0 Å².